The van der Waals surface area contributed by atoms with E-state index in [2.05, 4.69) is 28.9 Å². The minimum atomic E-state index is -0.558. The summed E-state index contributed by atoms with van der Waals surface area (Å²) in [5, 5.41) is 18.5. The number of rotatable bonds is 11. The maximum atomic E-state index is 13.7. The first kappa shape index (κ1) is 34.3. The van der Waals surface area contributed by atoms with Crippen LogP contribution in [0.2, 0.25) is 0 Å². The van der Waals surface area contributed by atoms with Crippen LogP contribution in [0.15, 0.2) is 83.4 Å². The fraction of sp³-hybridized carbons (Fsp3) is 0.243. The van der Waals surface area contributed by atoms with Crippen LogP contribution >= 0.6 is 23.1 Å². The summed E-state index contributed by atoms with van der Waals surface area (Å²) in [7, 11) is 3.02. The monoisotopic (exact) mass is 680 g/mol. The predicted octanol–water partition coefficient (Wildman–Crippen LogP) is 7.29. The first-order chi connectivity index (χ1) is 23.2. The normalized spacial score (nSPS) is 14.6. The van der Waals surface area contributed by atoms with E-state index in [1.54, 1.807) is 73.7 Å². The second-order valence-electron chi connectivity index (χ2n) is 11.4. The number of anilines is 2. The van der Waals surface area contributed by atoms with Crippen molar-refractivity contribution in [3.63, 3.8) is 0 Å². The van der Waals surface area contributed by atoms with E-state index in [-0.39, 0.29) is 11.6 Å². The van der Waals surface area contributed by atoms with Gasteiger partial charge in [0.15, 0.2) is 11.5 Å². The Kier molecular flexibility index (Phi) is 11.2. The van der Waals surface area contributed by atoms with Crippen LogP contribution in [0, 0.1) is 17.2 Å². The molecule has 1 aromatic heterocycles. The topological polar surface area (TPSA) is 130 Å². The SMILES string of the molecule is COc1cccc(/C=C(/NC(=O)c2ccccc2)C(=O)Nc2cccc(SC(C)C(=O)Nc3sc4c(c3C#N)CCC(C)C4)c2)c1OC. The van der Waals surface area contributed by atoms with E-state index >= 15 is 0 Å². The molecule has 2 unspecified atom stereocenters. The number of hydrogen-bond donors (Lipinski definition) is 3. The Morgan fingerprint density at radius 2 is 1.79 bits per heavy atom. The van der Waals surface area contributed by atoms with Crippen LogP contribution in [-0.4, -0.2) is 37.2 Å². The number of methoxy groups -OCH3 is 2. The highest BCUT2D eigenvalue weighted by atomic mass is 32.2. The van der Waals surface area contributed by atoms with Crippen molar-refractivity contribution >= 4 is 57.6 Å². The third-order valence-electron chi connectivity index (χ3n) is 7.90. The van der Waals surface area contributed by atoms with Crippen molar-refractivity contribution in [2.45, 2.75) is 43.3 Å². The first-order valence-electron chi connectivity index (χ1n) is 15.4. The predicted molar refractivity (Wildman–Crippen MR) is 191 cm³/mol. The van der Waals surface area contributed by atoms with Crippen molar-refractivity contribution in [2.75, 3.05) is 24.9 Å². The maximum Gasteiger partial charge on any atom is 0.272 e. The van der Waals surface area contributed by atoms with E-state index in [9.17, 15) is 19.6 Å². The quantitative estimate of drug-likeness (QED) is 0.112. The summed E-state index contributed by atoms with van der Waals surface area (Å²) in [6, 6.07) is 23.3. The van der Waals surface area contributed by atoms with Crippen LogP contribution in [0.4, 0.5) is 10.7 Å². The number of hydrogen-bond acceptors (Lipinski definition) is 8. The smallest absolute Gasteiger partial charge is 0.272 e. The molecule has 0 saturated carbocycles. The summed E-state index contributed by atoms with van der Waals surface area (Å²) < 4.78 is 10.9. The zero-order valence-corrected chi connectivity index (χ0v) is 28.7. The van der Waals surface area contributed by atoms with E-state index in [0.717, 1.165) is 29.7 Å². The molecule has 0 saturated heterocycles. The Balaban J connectivity index is 1.32. The Morgan fingerprint density at radius 1 is 1.02 bits per heavy atom. The van der Waals surface area contributed by atoms with E-state index in [4.69, 9.17) is 9.47 Å². The average molecular weight is 681 g/mol. The van der Waals surface area contributed by atoms with Crippen LogP contribution in [0.5, 0.6) is 11.5 Å². The molecule has 1 aliphatic carbocycles. The van der Waals surface area contributed by atoms with Gasteiger partial charge in [-0.05, 0) is 80.1 Å². The summed E-state index contributed by atoms with van der Waals surface area (Å²) in [4.78, 5) is 42.0. The molecule has 11 heteroatoms. The molecule has 0 radical (unpaired) electrons. The van der Waals surface area contributed by atoms with Gasteiger partial charge in [-0.25, -0.2) is 0 Å². The van der Waals surface area contributed by atoms with Crippen molar-refractivity contribution in [1.82, 2.24) is 5.32 Å². The summed E-state index contributed by atoms with van der Waals surface area (Å²) in [6.07, 6.45) is 4.35. The highest BCUT2D eigenvalue weighted by Gasteiger charge is 2.26. The number of nitrogens with one attached hydrogen (secondary N) is 3. The molecule has 0 bridgehead atoms. The van der Waals surface area contributed by atoms with Crippen LogP contribution < -0.4 is 25.4 Å². The fourth-order valence-corrected chi connectivity index (χ4v) is 7.69. The number of para-hydroxylation sites is 1. The van der Waals surface area contributed by atoms with Crippen molar-refractivity contribution < 1.29 is 23.9 Å². The van der Waals surface area contributed by atoms with E-state index in [1.165, 1.54) is 48.3 Å². The lowest BCUT2D eigenvalue weighted by Gasteiger charge is -2.17. The highest BCUT2D eigenvalue weighted by molar-refractivity contribution is 8.00. The Bertz CT molecular complexity index is 1900. The first-order valence-corrected chi connectivity index (χ1v) is 17.1. The molecule has 1 heterocycles. The number of amides is 3. The number of thiophene rings is 1. The number of benzene rings is 3. The maximum absolute atomic E-state index is 13.7. The summed E-state index contributed by atoms with van der Waals surface area (Å²) in [5.41, 5.74) is 3.02. The molecule has 2 atom stereocenters. The van der Waals surface area contributed by atoms with Gasteiger partial charge in [0.25, 0.3) is 11.8 Å². The molecule has 48 heavy (non-hydrogen) atoms. The number of nitriles is 1. The van der Waals surface area contributed by atoms with Gasteiger partial charge in [0, 0.05) is 26.6 Å². The van der Waals surface area contributed by atoms with Crippen LogP contribution in [0.3, 0.4) is 0 Å². The fourth-order valence-electron chi connectivity index (χ4n) is 5.40. The zero-order valence-electron chi connectivity index (χ0n) is 27.1. The van der Waals surface area contributed by atoms with E-state index in [1.807, 2.05) is 6.07 Å². The summed E-state index contributed by atoms with van der Waals surface area (Å²) in [6.45, 7) is 4.01. The van der Waals surface area contributed by atoms with Gasteiger partial charge in [0.1, 0.15) is 16.8 Å². The third-order valence-corrected chi connectivity index (χ3v) is 10.2. The molecule has 4 aromatic rings. The van der Waals surface area contributed by atoms with Crippen molar-refractivity contribution in [3.05, 3.63) is 106 Å². The molecule has 0 fully saturated rings. The average Bonchev–Trinajstić information content (AvgIpc) is 3.43. The standard InChI is InChI=1S/C37H36N4O5S2/c1-22-16-17-28-29(21-38)37(48-32(28)18-22)41-34(42)23(2)47-27-14-9-13-26(20-27)39-36(44)30(40-35(43)24-10-6-5-7-11-24)19-25-12-8-15-31(45-3)33(25)46-4/h5-15,19-20,22-23H,16-18H2,1-4H3,(H,39,44)(H,40,43)(H,41,42)/b30-19+. The minimum Gasteiger partial charge on any atom is -0.493 e. The van der Waals surface area contributed by atoms with E-state index in [0.29, 0.717) is 44.8 Å². The number of ether oxygens (including phenoxy) is 2. The second kappa shape index (κ2) is 15.7. The van der Waals surface area contributed by atoms with Crippen LogP contribution in [-0.2, 0) is 22.4 Å². The molecule has 3 aromatic carbocycles. The Labute approximate surface area is 288 Å². The molecule has 5 rings (SSSR count). The van der Waals surface area contributed by atoms with E-state index < -0.39 is 17.1 Å². The largest absolute Gasteiger partial charge is 0.493 e. The lowest BCUT2D eigenvalue weighted by atomic mass is 9.89. The molecular weight excluding hydrogens is 645 g/mol. The minimum absolute atomic E-state index is 0.0115. The lowest BCUT2D eigenvalue weighted by molar-refractivity contribution is -0.115. The second-order valence-corrected chi connectivity index (χ2v) is 13.9. The molecule has 9 nitrogen and oxygen atoms in total. The van der Waals surface area contributed by atoms with Gasteiger partial charge in [0.05, 0.1) is 25.0 Å². The summed E-state index contributed by atoms with van der Waals surface area (Å²) >= 11 is 2.83. The molecule has 3 N–H and O–H groups in total. The highest BCUT2D eigenvalue weighted by Crippen LogP contribution is 2.40. The van der Waals surface area contributed by atoms with Gasteiger partial charge in [-0.15, -0.1) is 23.1 Å². The number of nitrogens with zero attached hydrogens (tertiary/aromatic N) is 1. The molecule has 1 aliphatic rings. The third kappa shape index (κ3) is 8.08. The number of carbonyl (C=O) groups is 3. The molecular formula is C37H36N4O5S2. The van der Waals surface area contributed by atoms with Gasteiger partial charge in [-0.2, -0.15) is 5.26 Å². The number of fused-ring (bicyclic) bond motifs is 1. The Morgan fingerprint density at radius 3 is 2.52 bits per heavy atom. The van der Waals surface area contributed by atoms with Crippen LogP contribution in [0.1, 0.15) is 52.2 Å². The summed E-state index contributed by atoms with van der Waals surface area (Å²) in [5.74, 6) is 0.216. The van der Waals surface area contributed by atoms with Crippen molar-refractivity contribution in [3.8, 4) is 17.6 Å². The van der Waals surface area contributed by atoms with Gasteiger partial charge < -0.3 is 25.4 Å². The molecule has 246 valence electrons. The van der Waals surface area contributed by atoms with Crippen molar-refractivity contribution in [2.24, 2.45) is 5.92 Å². The number of thioether (sulfide) groups is 1. The van der Waals surface area contributed by atoms with Gasteiger partial charge in [0.2, 0.25) is 5.91 Å². The van der Waals surface area contributed by atoms with Gasteiger partial charge >= 0.3 is 0 Å². The lowest BCUT2D eigenvalue weighted by Crippen LogP contribution is -2.30. The van der Waals surface area contributed by atoms with Gasteiger partial charge in [-0.3, -0.25) is 14.4 Å². The zero-order chi connectivity index (χ0) is 34.2. The number of carbonyl (C=O) groups excluding carboxylic acids is 3. The Hall–Kier alpha value is -5.05. The van der Waals surface area contributed by atoms with Crippen molar-refractivity contribution in [1.29, 1.82) is 5.26 Å². The van der Waals surface area contributed by atoms with Gasteiger partial charge in [-0.1, -0.05) is 43.3 Å². The molecule has 3 amide bonds. The molecule has 0 aliphatic heterocycles. The molecule has 0 spiro atoms. The van der Waals surface area contributed by atoms with Crippen LogP contribution in [0.25, 0.3) is 6.08 Å².